The van der Waals surface area contributed by atoms with Crippen LogP contribution in [0.15, 0.2) is 48.5 Å². The Balaban J connectivity index is 2.15. The molecular formula is C18H17IO3. The van der Waals surface area contributed by atoms with E-state index in [1.807, 2.05) is 49.4 Å². The van der Waals surface area contributed by atoms with Crippen molar-refractivity contribution in [2.45, 2.75) is 6.92 Å². The summed E-state index contributed by atoms with van der Waals surface area (Å²) in [6, 6.07) is 13.1. The molecular weight excluding hydrogens is 391 g/mol. The Morgan fingerprint density at radius 2 is 1.86 bits per heavy atom. The van der Waals surface area contributed by atoms with Crippen molar-refractivity contribution in [3.63, 3.8) is 0 Å². The molecule has 2 aromatic rings. The second-order valence-corrected chi connectivity index (χ2v) is 5.79. The van der Waals surface area contributed by atoms with Gasteiger partial charge >= 0.3 is 0 Å². The number of ketones is 1. The van der Waals surface area contributed by atoms with Gasteiger partial charge in [-0.1, -0.05) is 24.3 Å². The number of halogens is 1. The number of benzene rings is 2. The van der Waals surface area contributed by atoms with Gasteiger partial charge in [-0.05, 0) is 65.4 Å². The van der Waals surface area contributed by atoms with Crippen LogP contribution in [-0.4, -0.2) is 19.5 Å². The van der Waals surface area contributed by atoms with Crippen molar-refractivity contribution in [2.75, 3.05) is 13.7 Å². The van der Waals surface area contributed by atoms with Gasteiger partial charge in [-0.25, -0.2) is 0 Å². The molecule has 0 unspecified atom stereocenters. The van der Waals surface area contributed by atoms with Crippen molar-refractivity contribution in [2.24, 2.45) is 0 Å². The van der Waals surface area contributed by atoms with Crippen LogP contribution in [0.5, 0.6) is 11.5 Å². The zero-order valence-electron chi connectivity index (χ0n) is 12.5. The van der Waals surface area contributed by atoms with E-state index in [1.165, 1.54) is 0 Å². The lowest BCUT2D eigenvalue weighted by molar-refractivity contribution is 0.104. The molecule has 0 aliphatic heterocycles. The van der Waals surface area contributed by atoms with Crippen molar-refractivity contribution in [3.05, 3.63) is 63.2 Å². The minimum absolute atomic E-state index is 0.0238. The fraction of sp³-hybridized carbons (Fsp3) is 0.167. The van der Waals surface area contributed by atoms with Crippen LogP contribution in [0, 0.1) is 3.57 Å². The summed E-state index contributed by atoms with van der Waals surface area (Å²) in [6.45, 7) is 2.50. The molecule has 0 heterocycles. The maximum atomic E-state index is 12.1. The molecule has 0 spiro atoms. The fourth-order valence-electron chi connectivity index (χ4n) is 1.94. The third-order valence-corrected chi connectivity index (χ3v) is 3.76. The van der Waals surface area contributed by atoms with Crippen molar-refractivity contribution in [1.82, 2.24) is 0 Å². The summed E-state index contributed by atoms with van der Waals surface area (Å²) in [6.07, 6.45) is 3.34. The zero-order chi connectivity index (χ0) is 15.9. The second-order valence-electron chi connectivity index (χ2n) is 4.55. The highest BCUT2D eigenvalue weighted by Gasteiger charge is 2.05. The molecule has 22 heavy (non-hydrogen) atoms. The van der Waals surface area contributed by atoms with Crippen molar-refractivity contribution in [1.29, 1.82) is 0 Å². The first-order valence-corrected chi connectivity index (χ1v) is 8.00. The van der Waals surface area contributed by atoms with E-state index < -0.39 is 0 Å². The summed E-state index contributed by atoms with van der Waals surface area (Å²) in [4.78, 5) is 12.1. The van der Waals surface area contributed by atoms with Gasteiger partial charge in [-0.2, -0.15) is 0 Å². The SMILES string of the molecule is CCOc1ccc(C=CC(=O)c2ccc(I)cc2)cc1OC. The molecule has 2 aromatic carbocycles. The zero-order valence-corrected chi connectivity index (χ0v) is 14.7. The van der Waals surface area contributed by atoms with Gasteiger partial charge in [-0.15, -0.1) is 0 Å². The number of hydrogen-bond donors (Lipinski definition) is 0. The minimum atomic E-state index is -0.0238. The highest BCUT2D eigenvalue weighted by Crippen LogP contribution is 2.28. The van der Waals surface area contributed by atoms with Gasteiger partial charge < -0.3 is 9.47 Å². The molecule has 0 atom stereocenters. The maximum absolute atomic E-state index is 12.1. The Hall–Kier alpha value is -1.82. The van der Waals surface area contributed by atoms with E-state index in [1.54, 1.807) is 19.3 Å². The molecule has 0 saturated carbocycles. The molecule has 0 amide bonds. The Kier molecular flexibility index (Phi) is 6.00. The molecule has 114 valence electrons. The number of carbonyl (C=O) groups is 1. The van der Waals surface area contributed by atoms with Gasteiger partial charge in [0.25, 0.3) is 0 Å². The Morgan fingerprint density at radius 1 is 1.14 bits per heavy atom. The summed E-state index contributed by atoms with van der Waals surface area (Å²) < 4.78 is 11.9. The first-order chi connectivity index (χ1) is 10.6. The van der Waals surface area contributed by atoms with Crippen LogP contribution in [0.4, 0.5) is 0 Å². The van der Waals surface area contributed by atoms with Crippen molar-refractivity contribution in [3.8, 4) is 11.5 Å². The molecule has 0 N–H and O–H groups in total. The highest BCUT2D eigenvalue weighted by molar-refractivity contribution is 14.1. The molecule has 0 radical (unpaired) electrons. The average Bonchev–Trinajstić information content (AvgIpc) is 2.54. The van der Waals surface area contributed by atoms with Crippen LogP contribution in [0.2, 0.25) is 0 Å². The number of ether oxygens (including phenoxy) is 2. The van der Waals surface area contributed by atoms with E-state index in [2.05, 4.69) is 22.6 Å². The van der Waals surface area contributed by atoms with E-state index in [-0.39, 0.29) is 5.78 Å². The highest BCUT2D eigenvalue weighted by atomic mass is 127. The van der Waals surface area contributed by atoms with Crippen LogP contribution in [0.1, 0.15) is 22.8 Å². The monoisotopic (exact) mass is 408 g/mol. The molecule has 0 aliphatic rings. The Labute approximate surface area is 144 Å². The van der Waals surface area contributed by atoms with Crippen LogP contribution in [-0.2, 0) is 0 Å². The molecule has 0 aliphatic carbocycles. The predicted molar refractivity (Wildman–Crippen MR) is 96.7 cm³/mol. The van der Waals surface area contributed by atoms with E-state index in [4.69, 9.17) is 9.47 Å². The Morgan fingerprint density at radius 3 is 2.50 bits per heavy atom. The molecule has 0 bridgehead atoms. The topological polar surface area (TPSA) is 35.5 Å². The van der Waals surface area contributed by atoms with Crippen LogP contribution >= 0.6 is 22.6 Å². The predicted octanol–water partition coefficient (Wildman–Crippen LogP) is 4.59. The second kappa shape index (κ2) is 7.98. The molecule has 4 heteroatoms. The van der Waals surface area contributed by atoms with Gasteiger partial charge in [-0.3, -0.25) is 4.79 Å². The van der Waals surface area contributed by atoms with E-state index in [0.29, 0.717) is 23.7 Å². The number of hydrogen-bond acceptors (Lipinski definition) is 3. The molecule has 0 aromatic heterocycles. The van der Waals surface area contributed by atoms with Crippen molar-refractivity contribution >= 4 is 34.5 Å². The standard InChI is InChI=1S/C18H17IO3/c1-3-22-17-11-5-13(12-18(17)21-2)4-10-16(20)14-6-8-15(19)9-7-14/h4-12H,3H2,1-2H3. The number of methoxy groups -OCH3 is 1. The number of rotatable bonds is 6. The largest absolute Gasteiger partial charge is 0.493 e. The van der Waals surface area contributed by atoms with Crippen LogP contribution < -0.4 is 9.47 Å². The maximum Gasteiger partial charge on any atom is 0.185 e. The molecule has 0 saturated heterocycles. The number of carbonyl (C=O) groups excluding carboxylic acids is 1. The summed E-state index contributed by atoms with van der Waals surface area (Å²) in [7, 11) is 1.60. The van der Waals surface area contributed by atoms with Gasteiger partial charge in [0.15, 0.2) is 17.3 Å². The average molecular weight is 408 g/mol. The summed E-state index contributed by atoms with van der Waals surface area (Å²) in [5, 5.41) is 0. The van der Waals surface area contributed by atoms with Gasteiger partial charge in [0, 0.05) is 9.13 Å². The van der Waals surface area contributed by atoms with Gasteiger partial charge in [0.2, 0.25) is 0 Å². The summed E-state index contributed by atoms with van der Waals surface area (Å²) >= 11 is 2.21. The lowest BCUT2D eigenvalue weighted by atomic mass is 10.1. The van der Waals surface area contributed by atoms with E-state index >= 15 is 0 Å². The summed E-state index contributed by atoms with van der Waals surface area (Å²) in [5.74, 6) is 1.33. The third-order valence-electron chi connectivity index (χ3n) is 3.04. The first kappa shape index (κ1) is 16.5. The molecule has 0 fully saturated rings. The van der Waals surface area contributed by atoms with E-state index in [9.17, 15) is 4.79 Å². The normalized spacial score (nSPS) is 10.7. The fourth-order valence-corrected chi connectivity index (χ4v) is 2.30. The smallest absolute Gasteiger partial charge is 0.185 e. The third kappa shape index (κ3) is 4.34. The lowest BCUT2D eigenvalue weighted by Crippen LogP contribution is -1.96. The summed E-state index contributed by atoms with van der Waals surface area (Å²) in [5.41, 5.74) is 1.56. The molecule has 2 rings (SSSR count). The lowest BCUT2D eigenvalue weighted by Gasteiger charge is -2.09. The van der Waals surface area contributed by atoms with Crippen molar-refractivity contribution < 1.29 is 14.3 Å². The van der Waals surface area contributed by atoms with E-state index in [0.717, 1.165) is 9.13 Å². The van der Waals surface area contributed by atoms with Crippen LogP contribution in [0.3, 0.4) is 0 Å². The Bertz CT molecular complexity index is 675. The van der Waals surface area contributed by atoms with Gasteiger partial charge in [0.1, 0.15) is 0 Å². The first-order valence-electron chi connectivity index (χ1n) is 6.93. The quantitative estimate of drug-likeness (QED) is 0.398. The molecule has 3 nitrogen and oxygen atoms in total. The van der Waals surface area contributed by atoms with Gasteiger partial charge in [0.05, 0.1) is 13.7 Å². The minimum Gasteiger partial charge on any atom is -0.493 e. The van der Waals surface area contributed by atoms with Crippen LogP contribution in [0.25, 0.3) is 6.08 Å². The number of allylic oxidation sites excluding steroid dienone is 1.